The molecule has 1 aromatic rings. The zero-order valence-corrected chi connectivity index (χ0v) is 9.27. The number of alkyl halides is 1. The Morgan fingerprint density at radius 3 is 2.38 bits per heavy atom. The molecule has 0 fully saturated rings. The maximum atomic E-state index is 12.7. The van der Waals surface area contributed by atoms with Crippen LogP contribution in [-0.2, 0) is 4.79 Å². The van der Waals surface area contributed by atoms with Crippen molar-refractivity contribution in [2.45, 2.75) is 19.3 Å². The van der Waals surface area contributed by atoms with Gasteiger partial charge in [0.2, 0.25) is 0 Å². The lowest BCUT2D eigenvalue weighted by molar-refractivity contribution is -0.134. The first-order valence-electron chi connectivity index (χ1n) is 4.84. The molecule has 16 heavy (non-hydrogen) atoms. The van der Waals surface area contributed by atoms with Gasteiger partial charge in [-0.25, -0.2) is 8.78 Å². The highest BCUT2D eigenvalue weighted by Gasteiger charge is 2.07. The molecule has 0 aliphatic rings. The number of carbonyl (C=O) groups excluding carboxylic acids is 1. The summed E-state index contributed by atoms with van der Waals surface area (Å²) in [5, 5.41) is 0. The molecule has 0 saturated heterocycles. The molecule has 0 atom stereocenters. The minimum atomic E-state index is -0.774. The third kappa shape index (κ3) is 4.57. The number of halogens is 3. The summed E-state index contributed by atoms with van der Waals surface area (Å²) in [7, 11) is 0. The number of benzene rings is 1. The van der Waals surface area contributed by atoms with Crippen molar-refractivity contribution in [2.24, 2.45) is 0 Å². The Kier molecular flexibility index (Phi) is 5.19. The number of rotatable bonds is 5. The summed E-state index contributed by atoms with van der Waals surface area (Å²) in [6.45, 7) is 0. The van der Waals surface area contributed by atoms with E-state index in [0.29, 0.717) is 24.8 Å². The molecule has 0 unspecified atom stereocenters. The van der Waals surface area contributed by atoms with Crippen LogP contribution < -0.4 is 4.74 Å². The molecule has 0 bridgehead atoms. The van der Waals surface area contributed by atoms with Gasteiger partial charge in [-0.05, 0) is 12.8 Å². The topological polar surface area (TPSA) is 26.3 Å². The van der Waals surface area contributed by atoms with E-state index in [2.05, 4.69) is 0 Å². The lowest BCUT2D eigenvalue weighted by Crippen LogP contribution is -2.08. The monoisotopic (exact) mass is 248 g/mol. The van der Waals surface area contributed by atoms with Gasteiger partial charge in [0.15, 0.2) is 0 Å². The standard InChI is InChI=1S/C11H11ClF2O2/c12-4-2-1-3-11(15)16-10-6-8(13)5-9(14)7-10/h5-7H,1-4H2. The number of esters is 1. The van der Waals surface area contributed by atoms with E-state index < -0.39 is 17.6 Å². The van der Waals surface area contributed by atoms with E-state index >= 15 is 0 Å². The molecule has 0 aliphatic heterocycles. The SMILES string of the molecule is O=C(CCCCCl)Oc1cc(F)cc(F)c1. The molecule has 0 amide bonds. The van der Waals surface area contributed by atoms with E-state index in [9.17, 15) is 13.6 Å². The lowest BCUT2D eigenvalue weighted by atomic mass is 10.2. The minimum absolute atomic E-state index is 0.117. The highest BCUT2D eigenvalue weighted by atomic mass is 35.5. The minimum Gasteiger partial charge on any atom is -0.426 e. The van der Waals surface area contributed by atoms with Gasteiger partial charge in [0.05, 0.1) is 0 Å². The molecule has 2 nitrogen and oxygen atoms in total. The van der Waals surface area contributed by atoms with E-state index in [1.54, 1.807) is 0 Å². The molecule has 0 aromatic heterocycles. The largest absolute Gasteiger partial charge is 0.426 e. The second kappa shape index (κ2) is 6.43. The average molecular weight is 249 g/mol. The van der Waals surface area contributed by atoms with Gasteiger partial charge in [0.1, 0.15) is 17.4 Å². The summed E-state index contributed by atoms with van der Waals surface area (Å²) >= 11 is 5.44. The fourth-order valence-corrected chi connectivity index (χ4v) is 1.32. The molecular weight excluding hydrogens is 238 g/mol. The third-order valence-electron chi connectivity index (χ3n) is 1.83. The first-order chi connectivity index (χ1) is 7.61. The second-order valence-electron chi connectivity index (χ2n) is 3.23. The first kappa shape index (κ1) is 12.9. The predicted octanol–water partition coefficient (Wildman–Crippen LogP) is 3.28. The Hall–Kier alpha value is -1.16. The van der Waals surface area contributed by atoms with Gasteiger partial charge in [0, 0.05) is 30.5 Å². The van der Waals surface area contributed by atoms with Crippen LogP contribution in [0.15, 0.2) is 18.2 Å². The van der Waals surface area contributed by atoms with Crippen LogP contribution in [0.5, 0.6) is 5.75 Å². The number of ether oxygens (including phenoxy) is 1. The van der Waals surface area contributed by atoms with E-state index in [1.807, 2.05) is 0 Å². The summed E-state index contributed by atoms with van der Waals surface area (Å²) in [5.74, 6) is -1.71. The number of carbonyl (C=O) groups is 1. The summed E-state index contributed by atoms with van der Waals surface area (Å²) in [6.07, 6.45) is 1.49. The van der Waals surface area contributed by atoms with Crippen LogP contribution in [0.1, 0.15) is 19.3 Å². The highest BCUT2D eigenvalue weighted by Crippen LogP contribution is 2.16. The van der Waals surface area contributed by atoms with E-state index in [1.165, 1.54) is 0 Å². The van der Waals surface area contributed by atoms with E-state index in [4.69, 9.17) is 16.3 Å². The van der Waals surface area contributed by atoms with Crippen molar-refractivity contribution in [1.82, 2.24) is 0 Å². The maximum absolute atomic E-state index is 12.7. The molecule has 0 spiro atoms. The van der Waals surface area contributed by atoms with Crippen molar-refractivity contribution in [3.63, 3.8) is 0 Å². The zero-order valence-electron chi connectivity index (χ0n) is 8.51. The van der Waals surface area contributed by atoms with Crippen molar-refractivity contribution in [2.75, 3.05) is 5.88 Å². The van der Waals surface area contributed by atoms with Crippen LogP contribution in [0.25, 0.3) is 0 Å². The van der Waals surface area contributed by atoms with Crippen LogP contribution >= 0.6 is 11.6 Å². The average Bonchev–Trinajstić information content (AvgIpc) is 2.16. The third-order valence-corrected chi connectivity index (χ3v) is 2.10. The van der Waals surface area contributed by atoms with Crippen molar-refractivity contribution >= 4 is 17.6 Å². The molecule has 0 radical (unpaired) electrons. The molecule has 5 heteroatoms. The predicted molar refractivity (Wildman–Crippen MR) is 56.6 cm³/mol. The maximum Gasteiger partial charge on any atom is 0.311 e. The summed E-state index contributed by atoms with van der Waals surface area (Å²) < 4.78 is 30.2. The van der Waals surface area contributed by atoms with Crippen LogP contribution in [0.2, 0.25) is 0 Å². The van der Waals surface area contributed by atoms with Gasteiger partial charge in [-0.2, -0.15) is 0 Å². The van der Waals surface area contributed by atoms with E-state index in [0.717, 1.165) is 12.1 Å². The van der Waals surface area contributed by atoms with Crippen molar-refractivity contribution in [3.05, 3.63) is 29.8 Å². The van der Waals surface area contributed by atoms with Crippen LogP contribution in [-0.4, -0.2) is 11.8 Å². The Morgan fingerprint density at radius 1 is 1.19 bits per heavy atom. The van der Waals surface area contributed by atoms with Gasteiger partial charge < -0.3 is 4.74 Å². The highest BCUT2D eigenvalue weighted by molar-refractivity contribution is 6.17. The molecular formula is C11H11ClF2O2. The summed E-state index contributed by atoms with van der Waals surface area (Å²) in [4.78, 5) is 11.2. The number of hydrogen-bond donors (Lipinski definition) is 0. The fraction of sp³-hybridized carbons (Fsp3) is 0.364. The number of unbranched alkanes of at least 4 members (excludes halogenated alkanes) is 1. The van der Waals surface area contributed by atoms with Crippen molar-refractivity contribution in [3.8, 4) is 5.75 Å². The van der Waals surface area contributed by atoms with E-state index in [-0.39, 0.29) is 12.2 Å². The van der Waals surface area contributed by atoms with Gasteiger partial charge in [-0.3, -0.25) is 4.79 Å². The van der Waals surface area contributed by atoms with Crippen LogP contribution in [0.4, 0.5) is 8.78 Å². The van der Waals surface area contributed by atoms with Crippen molar-refractivity contribution < 1.29 is 18.3 Å². The van der Waals surface area contributed by atoms with Crippen LogP contribution in [0.3, 0.4) is 0 Å². The Morgan fingerprint density at radius 2 is 1.81 bits per heavy atom. The lowest BCUT2D eigenvalue weighted by Gasteiger charge is -2.04. The number of hydrogen-bond acceptors (Lipinski definition) is 2. The molecule has 0 aliphatic carbocycles. The zero-order chi connectivity index (χ0) is 12.0. The first-order valence-corrected chi connectivity index (χ1v) is 5.38. The molecule has 1 aromatic carbocycles. The molecule has 1 rings (SSSR count). The summed E-state index contributed by atoms with van der Waals surface area (Å²) in [5.41, 5.74) is 0. The van der Waals surface area contributed by atoms with Gasteiger partial charge in [-0.1, -0.05) is 0 Å². The Bertz CT molecular complexity index is 349. The molecule has 88 valence electrons. The summed E-state index contributed by atoms with van der Waals surface area (Å²) in [6, 6.07) is 2.63. The molecule has 0 heterocycles. The van der Waals surface area contributed by atoms with Gasteiger partial charge in [0.25, 0.3) is 0 Å². The molecule has 0 saturated carbocycles. The van der Waals surface area contributed by atoms with Crippen LogP contribution in [0, 0.1) is 11.6 Å². The van der Waals surface area contributed by atoms with Crippen molar-refractivity contribution in [1.29, 1.82) is 0 Å². The quantitative estimate of drug-likeness (QED) is 0.346. The molecule has 0 N–H and O–H groups in total. The second-order valence-corrected chi connectivity index (χ2v) is 3.60. The smallest absolute Gasteiger partial charge is 0.311 e. The Labute approximate surface area is 97.2 Å². The van der Waals surface area contributed by atoms with Gasteiger partial charge in [-0.15, -0.1) is 11.6 Å². The normalized spacial score (nSPS) is 10.2. The van der Waals surface area contributed by atoms with Gasteiger partial charge >= 0.3 is 5.97 Å². The Balaban J connectivity index is 2.49. The fourth-order valence-electron chi connectivity index (χ4n) is 1.13.